The average Bonchev–Trinajstić information content (AvgIpc) is 3.46. The Labute approximate surface area is 250 Å². The first-order valence-corrected chi connectivity index (χ1v) is 19.1. The Hall–Kier alpha value is -2.21. The smallest absolute Gasteiger partial charge is 0.321 e. The quantitative estimate of drug-likeness (QED) is 0.264. The van der Waals surface area contributed by atoms with Crippen molar-refractivity contribution in [2.24, 2.45) is 0 Å². The van der Waals surface area contributed by atoms with E-state index in [0.717, 1.165) is 29.7 Å². The minimum absolute atomic E-state index is 0.0834. The number of para-hydroxylation sites is 1. The molecule has 3 aromatic carbocycles. The molecule has 0 bridgehead atoms. The van der Waals surface area contributed by atoms with Crippen molar-refractivity contribution in [1.29, 1.82) is 0 Å². The van der Waals surface area contributed by atoms with E-state index in [-0.39, 0.29) is 20.0 Å². The molecule has 1 N–H and O–H groups in total. The molecule has 3 aliphatic rings. The van der Waals surface area contributed by atoms with Gasteiger partial charge in [-0.3, -0.25) is 0 Å². The van der Waals surface area contributed by atoms with Gasteiger partial charge in [-0.15, -0.1) is 0 Å². The van der Waals surface area contributed by atoms with Gasteiger partial charge in [0.05, 0.1) is 0 Å². The zero-order chi connectivity index (χ0) is 27.9. The van der Waals surface area contributed by atoms with E-state index in [1.807, 2.05) is 30.3 Å². The molecule has 6 rings (SSSR count). The predicted octanol–water partition coefficient (Wildman–Crippen LogP) is 8.94. The molecule has 3 fully saturated rings. The minimum atomic E-state index is -0.554. The fraction of sp³-hybridized carbons (Fsp3) is 0.472. The number of anilines is 1. The molecule has 0 unspecified atom stereocenters. The molecule has 2 atom stereocenters. The summed E-state index contributed by atoms with van der Waals surface area (Å²) >= 11 is 0. The lowest BCUT2D eigenvalue weighted by atomic mass is 9.99. The molecule has 1 aliphatic heterocycles. The highest BCUT2D eigenvalue weighted by Gasteiger charge is 2.44. The number of nitrogens with one attached hydrogen (secondary N) is 1. The lowest BCUT2D eigenvalue weighted by Gasteiger charge is -2.42. The highest BCUT2D eigenvalue weighted by atomic mass is 31.1. The fourth-order valence-electron chi connectivity index (χ4n) is 7.69. The first-order chi connectivity index (χ1) is 20.3. The normalized spacial score (nSPS) is 22.3. The van der Waals surface area contributed by atoms with Crippen LogP contribution in [0.5, 0.6) is 0 Å². The van der Waals surface area contributed by atoms with Crippen molar-refractivity contribution in [2.75, 3.05) is 18.0 Å². The molecule has 41 heavy (non-hydrogen) atoms. The van der Waals surface area contributed by atoms with Crippen molar-refractivity contribution in [1.82, 2.24) is 4.90 Å². The van der Waals surface area contributed by atoms with Crippen molar-refractivity contribution >= 4 is 38.2 Å². The van der Waals surface area contributed by atoms with E-state index in [2.05, 4.69) is 70.9 Å². The summed E-state index contributed by atoms with van der Waals surface area (Å²) in [6, 6.07) is 32.6. The Morgan fingerprint density at radius 3 is 1.66 bits per heavy atom. The van der Waals surface area contributed by atoms with E-state index >= 15 is 0 Å². The van der Waals surface area contributed by atoms with Crippen LogP contribution in [-0.4, -0.2) is 46.7 Å². The van der Waals surface area contributed by atoms with Crippen molar-refractivity contribution < 1.29 is 4.79 Å². The van der Waals surface area contributed by atoms with E-state index in [1.54, 1.807) is 0 Å². The zero-order valence-corrected chi connectivity index (χ0v) is 26.2. The summed E-state index contributed by atoms with van der Waals surface area (Å²) in [5.74, 6) is 0. The number of carbonyl (C=O) groups excluding carboxylic acids is 1. The van der Waals surface area contributed by atoms with Gasteiger partial charge < -0.3 is 10.2 Å². The number of likely N-dealkylation sites (tertiary alicyclic amines) is 1. The fourth-order valence-corrected chi connectivity index (χ4v) is 14.8. The van der Waals surface area contributed by atoms with E-state index in [0.29, 0.717) is 5.66 Å². The monoisotopic (exact) mass is 584 g/mol. The second-order valence-electron chi connectivity index (χ2n) is 12.3. The van der Waals surface area contributed by atoms with Crippen molar-refractivity contribution in [2.45, 2.75) is 93.6 Å². The van der Waals surface area contributed by atoms with Gasteiger partial charge in [0.2, 0.25) is 0 Å². The van der Waals surface area contributed by atoms with Crippen molar-refractivity contribution in [3.8, 4) is 0 Å². The van der Waals surface area contributed by atoms with Gasteiger partial charge in [-0.25, -0.2) is 4.79 Å². The largest absolute Gasteiger partial charge is 0.322 e. The third kappa shape index (κ3) is 7.24. The summed E-state index contributed by atoms with van der Waals surface area (Å²) in [5.41, 5.74) is 3.39. The molecular weight excluding hydrogens is 538 g/mol. The second kappa shape index (κ2) is 14.3. The average molecular weight is 585 g/mol. The number of benzene rings is 3. The number of hydrogen-bond acceptors (Lipinski definition) is 1. The SMILES string of the molecule is O=C(Nc1ccccc1)N1C[C@H](P(C2CCCCC2)C2CCCCC2)C[C@@H]1CP(c1ccccc1)c1ccccc1. The highest BCUT2D eigenvalue weighted by Crippen LogP contribution is 2.61. The van der Waals surface area contributed by atoms with Crippen LogP contribution < -0.4 is 15.9 Å². The molecule has 1 saturated heterocycles. The number of nitrogens with zero attached hydrogens (tertiary/aromatic N) is 1. The topological polar surface area (TPSA) is 32.3 Å². The summed E-state index contributed by atoms with van der Waals surface area (Å²) < 4.78 is 0. The number of amides is 2. The van der Waals surface area contributed by atoms with Crippen molar-refractivity contribution in [3.63, 3.8) is 0 Å². The maximum atomic E-state index is 14.0. The molecule has 216 valence electrons. The van der Waals surface area contributed by atoms with Crippen LogP contribution in [-0.2, 0) is 0 Å². The highest BCUT2D eigenvalue weighted by molar-refractivity contribution is 7.73. The molecule has 1 heterocycles. The van der Waals surface area contributed by atoms with Gasteiger partial charge >= 0.3 is 6.03 Å². The zero-order valence-electron chi connectivity index (χ0n) is 24.4. The molecule has 2 saturated carbocycles. The third-order valence-electron chi connectivity index (χ3n) is 9.62. The number of rotatable bonds is 8. The summed E-state index contributed by atoms with van der Waals surface area (Å²) in [4.78, 5) is 16.3. The molecule has 3 nitrogen and oxygen atoms in total. The van der Waals surface area contributed by atoms with Gasteiger partial charge in [-0.2, -0.15) is 0 Å². The Balaban J connectivity index is 1.31. The van der Waals surface area contributed by atoms with E-state index < -0.39 is 7.92 Å². The molecule has 0 aromatic heterocycles. The Kier molecular flexibility index (Phi) is 10.1. The lowest BCUT2D eigenvalue weighted by Crippen LogP contribution is -2.41. The standard InChI is InChI=1S/C36H46N2OP2/c39-36(37-29-16-6-1-7-17-29)38-27-35(41(33-22-12-4-13-23-33)34-24-14-5-15-25-34)26-30(38)28-40(31-18-8-2-9-19-31)32-20-10-3-11-21-32/h1-3,6-11,16-21,30,33-35H,4-5,12-15,22-28H2,(H,37,39)/t30-,35-/m1/s1. The van der Waals surface area contributed by atoms with Gasteiger partial charge in [0.1, 0.15) is 0 Å². The van der Waals surface area contributed by atoms with E-state index in [4.69, 9.17) is 0 Å². The molecule has 0 radical (unpaired) electrons. The first kappa shape index (κ1) is 28.9. The predicted molar refractivity (Wildman–Crippen MR) is 179 cm³/mol. The second-order valence-corrected chi connectivity index (χ2v) is 17.6. The molecular formula is C36H46N2OP2. The van der Waals surface area contributed by atoms with Crippen LogP contribution in [0.4, 0.5) is 10.5 Å². The van der Waals surface area contributed by atoms with Gasteiger partial charge in [-0.05, 0) is 85.9 Å². The van der Waals surface area contributed by atoms with Crippen LogP contribution >= 0.6 is 15.8 Å². The Bertz CT molecular complexity index is 1150. The maximum absolute atomic E-state index is 14.0. The van der Waals surface area contributed by atoms with Gasteiger partial charge in [-0.1, -0.05) is 125 Å². The maximum Gasteiger partial charge on any atom is 0.322 e. The van der Waals surface area contributed by atoms with Crippen LogP contribution in [0, 0.1) is 0 Å². The summed E-state index contributed by atoms with van der Waals surface area (Å²) in [7, 11) is -0.638. The van der Waals surface area contributed by atoms with Crippen LogP contribution in [0.3, 0.4) is 0 Å². The summed E-state index contributed by atoms with van der Waals surface area (Å²) in [6.07, 6.45) is 16.4. The van der Waals surface area contributed by atoms with E-state index in [9.17, 15) is 4.79 Å². The third-order valence-corrected chi connectivity index (χ3v) is 16.2. The van der Waals surface area contributed by atoms with Crippen LogP contribution in [0.2, 0.25) is 0 Å². The lowest BCUT2D eigenvalue weighted by molar-refractivity contribution is 0.211. The molecule has 5 heteroatoms. The molecule has 0 spiro atoms. The van der Waals surface area contributed by atoms with Crippen LogP contribution in [0.15, 0.2) is 91.0 Å². The Morgan fingerprint density at radius 1 is 0.659 bits per heavy atom. The van der Waals surface area contributed by atoms with Gasteiger partial charge in [0.25, 0.3) is 0 Å². The van der Waals surface area contributed by atoms with Gasteiger partial charge in [0, 0.05) is 18.3 Å². The summed E-state index contributed by atoms with van der Waals surface area (Å²) in [6.45, 7) is 0.939. The van der Waals surface area contributed by atoms with Gasteiger partial charge in [0.15, 0.2) is 0 Å². The molecule has 2 aliphatic carbocycles. The van der Waals surface area contributed by atoms with Crippen molar-refractivity contribution in [3.05, 3.63) is 91.0 Å². The molecule has 3 aromatic rings. The number of urea groups is 1. The summed E-state index contributed by atoms with van der Waals surface area (Å²) in [5, 5.41) is 6.12. The van der Waals surface area contributed by atoms with E-state index in [1.165, 1.54) is 81.2 Å². The Morgan fingerprint density at radius 2 is 1.15 bits per heavy atom. The molecule has 2 amide bonds. The number of carbonyl (C=O) groups is 1. The number of hydrogen-bond donors (Lipinski definition) is 1. The van der Waals surface area contributed by atoms with Crippen LogP contribution in [0.25, 0.3) is 0 Å². The first-order valence-electron chi connectivity index (χ1n) is 16.0. The van der Waals surface area contributed by atoms with Crippen LogP contribution in [0.1, 0.15) is 70.6 Å². The minimum Gasteiger partial charge on any atom is -0.321 e.